The number of carbonyl (C=O) groups is 2. The number of piperazine rings is 1. The summed E-state index contributed by atoms with van der Waals surface area (Å²) in [6, 6.07) is 14.6. The second-order valence-corrected chi connectivity index (χ2v) is 8.60. The Bertz CT molecular complexity index is 1110. The Morgan fingerprint density at radius 3 is 2.62 bits per heavy atom. The van der Waals surface area contributed by atoms with Crippen molar-refractivity contribution in [3.8, 4) is 0 Å². The van der Waals surface area contributed by atoms with E-state index in [4.69, 9.17) is 0 Å². The Hall–Kier alpha value is -3.64. The Morgan fingerprint density at radius 2 is 1.79 bits per heavy atom. The van der Waals surface area contributed by atoms with Crippen LogP contribution in [0, 0.1) is 6.92 Å². The van der Waals surface area contributed by atoms with Gasteiger partial charge in [0, 0.05) is 38.2 Å². The van der Waals surface area contributed by atoms with Gasteiger partial charge in [-0.15, -0.1) is 0 Å². The van der Waals surface area contributed by atoms with Crippen molar-refractivity contribution in [1.29, 1.82) is 0 Å². The van der Waals surface area contributed by atoms with Crippen molar-refractivity contribution >= 4 is 23.2 Å². The van der Waals surface area contributed by atoms with Crippen LogP contribution in [0.3, 0.4) is 0 Å². The summed E-state index contributed by atoms with van der Waals surface area (Å²) in [5.74, 6) is -0.477. The number of aryl methyl sites for hydroxylation is 1. The van der Waals surface area contributed by atoms with Crippen LogP contribution in [0.25, 0.3) is 0 Å². The molecule has 3 N–H and O–H groups in total. The fourth-order valence-electron chi connectivity index (χ4n) is 4.25. The smallest absolute Gasteiger partial charge is 0.252 e. The maximum atomic E-state index is 13.5. The largest absolute Gasteiger partial charge is 0.367 e. The van der Waals surface area contributed by atoms with E-state index in [1.807, 2.05) is 67.6 Å². The van der Waals surface area contributed by atoms with Gasteiger partial charge in [0.25, 0.3) is 5.91 Å². The molecule has 0 bridgehead atoms. The van der Waals surface area contributed by atoms with E-state index in [9.17, 15) is 9.59 Å². The van der Waals surface area contributed by atoms with Crippen molar-refractivity contribution in [3.05, 3.63) is 95.6 Å². The molecule has 1 aliphatic carbocycles. The topological polar surface area (TPSA) is 73.5 Å². The molecular formula is C28H32N4O2. The molecule has 4 rings (SSSR count). The molecule has 1 unspecified atom stereocenters. The third-order valence-electron chi connectivity index (χ3n) is 6.12. The predicted octanol–water partition coefficient (Wildman–Crippen LogP) is 3.97. The molecule has 176 valence electrons. The average Bonchev–Trinajstić information content (AvgIpc) is 3.13. The number of allylic oxidation sites excluding steroid dienone is 5. The van der Waals surface area contributed by atoms with E-state index >= 15 is 0 Å². The van der Waals surface area contributed by atoms with Gasteiger partial charge >= 0.3 is 0 Å². The molecule has 2 aromatic rings. The van der Waals surface area contributed by atoms with Gasteiger partial charge in [-0.3, -0.25) is 9.59 Å². The molecule has 2 aromatic carbocycles. The summed E-state index contributed by atoms with van der Waals surface area (Å²) in [5.41, 5.74) is 4.20. The van der Waals surface area contributed by atoms with Gasteiger partial charge in [-0.1, -0.05) is 60.7 Å². The van der Waals surface area contributed by atoms with E-state index in [0.717, 1.165) is 55.1 Å². The van der Waals surface area contributed by atoms with Crippen LogP contribution >= 0.6 is 0 Å². The number of amides is 2. The third-order valence-corrected chi connectivity index (χ3v) is 6.12. The summed E-state index contributed by atoms with van der Waals surface area (Å²) in [7, 11) is 0. The maximum Gasteiger partial charge on any atom is 0.252 e. The standard InChI is InChI=1S/C28H32N4O2/c1-21-10-6-7-13-23(21)27(33)31-25(20-22-11-4-2-3-5-12-22)28(34)30-24-14-8-9-15-26(24)32-18-16-29-17-19-32/h2,4-15,25,29H,3,16-20H2,1H3,(H,30,34)(H,31,33). The van der Waals surface area contributed by atoms with Crippen molar-refractivity contribution in [2.24, 2.45) is 0 Å². The Morgan fingerprint density at radius 1 is 1.03 bits per heavy atom. The van der Waals surface area contributed by atoms with Gasteiger partial charge in [0.05, 0.1) is 11.4 Å². The zero-order chi connectivity index (χ0) is 23.8. The molecule has 2 amide bonds. The number of carbonyl (C=O) groups excluding carboxylic acids is 2. The first-order chi connectivity index (χ1) is 16.6. The summed E-state index contributed by atoms with van der Waals surface area (Å²) in [5, 5.41) is 9.45. The first-order valence-electron chi connectivity index (χ1n) is 11.9. The molecule has 1 heterocycles. The Kier molecular flexibility index (Phi) is 7.94. The number of hydrogen-bond donors (Lipinski definition) is 3. The molecule has 0 aromatic heterocycles. The number of nitrogens with one attached hydrogen (secondary N) is 3. The second-order valence-electron chi connectivity index (χ2n) is 8.60. The van der Waals surface area contributed by atoms with Crippen LogP contribution in [0.5, 0.6) is 0 Å². The van der Waals surface area contributed by atoms with Gasteiger partial charge in [0.15, 0.2) is 0 Å². The number of benzene rings is 2. The van der Waals surface area contributed by atoms with E-state index in [-0.39, 0.29) is 11.8 Å². The lowest BCUT2D eigenvalue weighted by atomic mass is 10.0. The minimum Gasteiger partial charge on any atom is -0.367 e. The highest BCUT2D eigenvalue weighted by Gasteiger charge is 2.24. The number of hydrogen-bond acceptors (Lipinski definition) is 4. The van der Waals surface area contributed by atoms with Gasteiger partial charge in [0.2, 0.25) is 5.91 Å². The van der Waals surface area contributed by atoms with Crippen LogP contribution in [0.15, 0.2) is 84.5 Å². The molecule has 1 aliphatic heterocycles. The summed E-state index contributed by atoms with van der Waals surface area (Å²) < 4.78 is 0. The molecule has 1 saturated heterocycles. The van der Waals surface area contributed by atoms with Crippen molar-refractivity contribution < 1.29 is 9.59 Å². The van der Waals surface area contributed by atoms with E-state index in [1.54, 1.807) is 6.07 Å². The predicted molar refractivity (Wildman–Crippen MR) is 138 cm³/mol. The van der Waals surface area contributed by atoms with Gasteiger partial charge in [-0.25, -0.2) is 0 Å². The molecule has 0 saturated carbocycles. The fourth-order valence-corrected chi connectivity index (χ4v) is 4.25. The van der Waals surface area contributed by atoms with Crippen molar-refractivity contribution in [2.45, 2.75) is 25.8 Å². The van der Waals surface area contributed by atoms with Crippen molar-refractivity contribution in [1.82, 2.24) is 10.6 Å². The summed E-state index contributed by atoms with van der Waals surface area (Å²) in [6.07, 6.45) is 11.4. The maximum absolute atomic E-state index is 13.5. The van der Waals surface area contributed by atoms with Crippen molar-refractivity contribution in [2.75, 3.05) is 36.4 Å². The highest BCUT2D eigenvalue weighted by molar-refractivity contribution is 6.03. The van der Waals surface area contributed by atoms with Gasteiger partial charge in [-0.2, -0.15) is 0 Å². The SMILES string of the molecule is Cc1ccccc1C(=O)NC(CC1=CC=CCC=C1)C(=O)Nc1ccccc1N1CCNCC1. The zero-order valence-electron chi connectivity index (χ0n) is 19.6. The van der Waals surface area contributed by atoms with Gasteiger partial charge < -0.3 is 20.9 Å². The molecule has 6 nitrogen and oxygen atoms in total. The minimum absolute atomic E-state index is 0.230. The molecule has 1 atom stereocenters. The minimum atomic E-state index is -0.717. The normalized spacial score (nSPS) is 16.4. The lowest BCUT2D eigenvalue weighted by Crippen LogP contribution is -2.45. The summed E-state index contributed by atoms with van der Waals surface area (Å²) in [6.45, 7) is 5.47. The quantitative estimate of drug-likeness (QED) is 0.589. The molecule has 0 radical (unpaired) electrons. The second kappa shape index (κ2) is 11.5. The first kappa shape index (κ1) is 23.5. The van der Waals surface area contributed by atoms with Crippen LogP contribution in [-0.4, -0.2) is 44.0 Å². The third kappa shape index (κ3) is 6.02. The van der Waals surface area contributed by atoms with E-state index < -0.39 is 6.04 Å². The Labute approximate surface area is 201 Å². The van der Waals surface area contributed by atoms with Crippen LogP contribution in [0.2, 0.25) is 0 Å². The summed E-state index contributed by atoms with van der Waals surface area (Å²) >= 11 is 0. The van der Waals surface area contributed by atoms with Gasteiger partial charge in [-0.05, 0) is 42.7 Å². The van der Waals surface area contributed by atoms with E-state index in [2.05, 4.69) is 33.0 Å². The van der Waals surface area contributed by atoms with Crippen LogP contribution in [0.1, 0.15) is 28.8 Å². The van der Waals surface area contributed by atoms with Gasteiger partial charge in [0.1, 0.15) is 6.04 Å². The highest BCUT2D eigenvalue weighted by atomic mass is 16.2. The molecule has 6 heteroatoms. The average molecular weight is 457 g/mol. The lowest BCUT2D eigenvalue weighted by molar-refractivity contribution is -0.117. The van der Waals surface area contributed by atoms with E-state index in [1.165, 1.54) is 0 Å². The lowest BCUT2D eigenvalue weighted by Gasteiger charge is -2.31. The monoisotopic (exact) mass is 456 g/mol. The van der Waals surface area contributed by atoms with Crippen LogP contribution in [0.4, 0.5) is 11.4 Å². The number of anilines is 2. The van der Waals surface area contributed by atoms with E-state index in [0.29, 0.717) is 12.0 Å². The first-order valence-corrected chi connectivity index (χ1v) is 11.9. The molecular weight excluding hydrogens is 424 g/mol. The number of para-hydroxylation sites is 2. The zero-order valence-corrected chi connectivity index (χ0v) is 19.6. The van der Waals surface area contributed by atoms with Crippen molar-refractivity contribution in [3.63, 3.8) is 0 Å². The fraction of sp³-hybridized carbons (Fsp3) is 0.286. The molecule has 34 heavy (non-hydrogen) atoms. The number of rotatable bonds is 7. The Balaban J connectivity index is 1.56. The molecule has 0 spiro atoms. The highest BCUT2D eigenvalue weighted by Crippen LogP contribution is 2.26. The number of nitrogens with zero attached hydrogens (tertiary/aromatic N) is 1. The van der Waals surface area contributed by atoms with Crippen LogP contribution in [-0.2, 0) is 4.79 Å². The summed E-state index contributed by atoms with van der Waals surface area (Å²) in [4.78, 5) is 28.9. The van der Waals surface area contributed by atoms with Crippen LogP contribution < -0.4 is 20.9 Å². The molecule has 2 aliphatic rings. The molecule has 1 fully saturated rings.